The van der Waals surface area contributed by atoms with Gasteiger partial charge in [-0.15, -0.1) is 5.10 Å². The molecule has 33 heavy (non-hydrogen) atoms. The first kappa shape index (κ1) is 20.8. The van der Waals surface area contributed by atoms with Crippen LogP contribution in [0.4, 0.5) is 11.5 Å². The molecule has 0 aliphatic carbocycles. The van der Waals surface area contributed by atoms with Crippen LogP contribution in [0, 0.1) is 20.8 Å². The number of methoxy groups -OCH3 is 1. The third kappa shape index (κ3) is 3.44. The van der Waals surface area contributed by atoms with Gasteiger partial charge in [-0.05, 0) is 58.0 Å². The first-order chi connectivity index (χ1) is 16.0. The van der Waals surface area contributed by atoms with E-state index < -0.39 is 0 Å². The lowest BCUT2D eigenvalue weighted by Crippen LogP contribution is -2.03. The molecule has 2 aromatic carbocycles. The molecule has 5 rings (SSSR count). The summed E-state index contributed by atoms with van der Waals surface area (Å²) in [6.07, 6.45) is 1.88. The molecule has 0 saturated heterocycles. The van der Waals surface area contributed by atoms with E-state index >= 15 is 0 Å². The number of benzene rings is 2. The minimum atomic E-state index is 0.601. The number of aryl methyl sites for hydroxylation is 3. The van der Waals surface area contributed by atoms with Crippen LogP contribution in [0.25, 0.3) is 27.4 Å². The Balaban J connectivity index is 1.67. The molecule has 0 saturated carbocycles. The van der Waals surface area contributed by atoms with Gasteiger partial charge in [0.2, 0.25) is 0 Å². The second kappa shape index (κ2) is 8.12. The van der Waals surface area contributed by atoms with Gasteiger partial charge in [-0.25, -0.2) is 0 Å². The molecule has 3 heterocycles. The van der Waals surface area contributed by atoms with E-state index in [1.165, 1.54) is 0 Å². The summed E-state index contributed by atoms with van der Waals surface area (Å²) in [5.41, 5.74) is 5.79. The number of aromatic nitrogens is 5. The first-order valence-corrected chi connectivity index (χ1v) is 10.9. The summed E-state index contributed by atoms with van der Waals surface area (Å²) in [6.45, 7) is 8.75. The van der Waals surface area contributed by atoms with E-state index in [0.29, 0.717) is 12.4 Å². The number of fused-ring (bicyclic) bond motifs is 2. The number of ether oxygens (including phenoxy) is 2. The van der Waals surface area contributed by atoms with Crippen molar-refractivity contribution in [2.45, 2.75) is 27.7 Å². The van der Waals surface area contributed by atoms with Crippen molar-refractivity contribution in [1.29, 1.82) is 0 Å². The van der Waals surface area contributed by atoms with Gasteiger partial charge in [0.05, 0.1) is 30.6 Å². The first-order valence-electron chi connectivity index (χ1n) is 10.9. The van der Waals surface area contributed by atoms with Crippen LogP contribution in [0.15, 0.2) is 42.6 Å². The number of hydrogen-bond acceptors (Lipinski definition) is 6. The normalized spacial score (nSPS) is 11.3. The molecular weight excluding hydrogens is 416 g/mol. The summed E-state index contributed by atoms with van der Waals surface area (Å²) in [6, 6.07) is 11.9. The Morgan fingerprint density at radius 3 is 2.61 bits per heavy atom. The molecule has 0 atom stereocenters. The molecule has 0 aliphatic rings. The van der Waals surface area contributed by atoms with E-state index in [1.54, 1.807) is 7.11 Å². The maximum Gasteiger partial charge on any atom is 0.162 e. The SMILES string of the molecule is CCOc1ccc(-n2c(C)c3c(C)nnc(Nc4ccc5n[nH]cc5c4)c3c2C)c(OC)c1. The molecule has 168 valence electrons. The van der Waals surface area contributed by atoms with Crippen molar-refractivity contribution in [1.82, 2.24) is 25.0 Å². The van der Waals surface area contributed by atoms with Gasteiger partial charge in [-0.2, -0.15) is 10.2 Å². The third-order valence-corrected chi connectivity index (χ3v) is 5.94. The topological polar surface area (TPSA) is 89.9 Å². The molecule has 8 heteroatoms. The Kier molecular flexibility index (Phi) is 5.12. The zero-order valence-electron chi connectivity index (χ0n) is 19.4. The van der Waals surface area contributed by atoms with Gasteiger partial charge in [-0.3, -0.25) is 5.10 Å². The molecule has 5 aromatic rings. The minimum absolute atomic E-state index is 0.601. The smallest absolute Gasteiger partial charge is 0.162 e. The average molecular weight is 443 g/mol. The van der Waals surface area contributed by atoms with Crippen molar-refractivity contribution in [3.63, 3.8) is 0 Å². The van der Waals surface area contributed by atoms with E-state index in [4.69, 9.17) is 9.47 Å². The zero-order valence-corrected chi connectivity index (χ0v) is 19.4. The van der Waals surface area contributed by atoms with Crippen LogP contribution in [0.2, 0.25) is 0 Å². The summed E-state index contributed by atoms with van der Waals surface area (Å²) in [5, 5.41) is 22.7. The second-order valence-electron chi connectivity index (χ2n) is 7.94. The second-order valence-corrected chi connectivity index (χ2v) is 7.94. The lowest BCUT2D eigenvalue weighted by atomic mass is 10.1. The monoisotopic (exact) mass is 442 g/mol. The molecule has 0 spiro atoms. The Morgan fingerprint density at radius 1 is 1.00 bits per heavy atom. The van der Waals surface area contributed by atoms with Crippen LogP contribution in [-0.4, -0.2) is 38.7 Å². The minimum Gasteiger partial charge on any atom is -0.494 e. The summed E-state index contributed by atoms with van der Waals surface area (Å²) < 4.78 is 13.6. The van der Waals surface area contributed by atoms with Crippen LogP contribution in [0.5, 0.6) is 11.5 Å². The molecule has 3 aromatic heterocycles. The van der Waals surface area contributed by atoms with Crippen LogP contribution in [0.1, 0.15) is 24.0 Å². The Bertz CT molecular complexity index is 1480. The van der Waals surface area contributed by atoms with Crippen molar-refractivity contribution in [3.05, 3.63) is 59.7 Å². The standard InChI is InChI=1S/C25H26N6O2/c1-6-33-19-8-10-21(22(12-19)32-5)31-15(3)23-14(2)28-30-25(24(23)16(31)4)27-18-7-9-20-17(11-18)13-26-29-20/h7-13H,6H2,1-5H3,(H,26,29)(H,27,30). The molecule has 0 bridgehead atoms. The average Bonchev–Trinajstić information content (AvgIpc) is 3.38. The summed E-state index contributed by atoms with van der Waals surface area (Å²) in [5.74, 6) is 2.23. The maximum atomic E-state index is 5.73. The van der Waals surface area contributed by atoms with Crippen LogP contribution < -0.4 is 14.8 Å². The molecular formula is C25H26N6O2. The van der Waals surface area contributed by atoms with E-state index in [9.17, 15) is 0 Å². The lowest BCUT2D eigenvalue weighted by Gasteiger charge is -2.15. The quantitative estimate of drug-likeness (QED) is 0.367. The van der Waals surface area contributed by atoms with Crippen molar-refractivity contribution in [2.24, 2.45) is 0 Å². The third-order valence-electron chi connectivity index (χ3n) is 5.94. The summed E-state index contributed by atoms with van der Waals surface area (Å²) in [7, 11) is 1.68. The van der Waals surface area contributed by atoms with Crippen molar-refractivity contribution < 1.29 is 9.47 Å². The molecule has 0 unspecified atom stereocenters. The van der Waals surface area contributed by atoms with Crippen LogP contribution >= 0.6 is 0 Å². The molecule has 0 amide bonds. The Labute approximate surface area is 191 Å². The van der Waals surface area contributed by atoms with Crippen molar-refractivity contribution in [2.75, 3.05) is 19.0 Å². The van der Waals surface area contributed by atoms with E-state index in [-0.39, 0.29) is 0 Å². The van der Waals surface area contributed by atoms with E-state index in [1.807, 2.05) is 56.4 Å². The van der Waals surface area contributed by atoms with Crippen LogP contribution in [-0.2, 0) is 0 Å². The number of hydrogen-bond donors (Lipinski definition) is 2. The molecule has 2 N–H and O–H groups in total. The summed E-state index contributed by atoms with van der Waals surface area (Å²) >= 11 is 0. The number of nitrogens with one attached hydrogen (secondary N) is 2. The zero-order chi connectivity index (χ0) is 23.1. The van der Waals surface area contributed by atoms with Gasteiger partial charge < -0.3 is 19.4 Å². The fourth-order valence-electron chi connectivity index (χ4n) is 4.50. The highest BCUT2D eigenvalue weighted by atomic mass is 16.5. The highest BCUT2D eigenvalue weighted by Gasteiger charge is 2.21. The number of rotatable bonds is 6. The van der Waals surface area contributed by atoms with Crippen molar-refractivity contribution >= 4 is 33.2 Å². The molecule has 8 nitrogen and oxygen atoms in total. The fraction of sp³-hybridized carbons (Fsp3) is 0.240. The Morgan fingerprint density at radius 2 is 1.82 bits per heavy atom. The number of anilines is 2. The van der Waals surface area contributed by atoms with Gasteiger partial charge in [-0.1, -0.05) is 0 Å². The molecule has 0 radical (unpaired) electrons. The lowest BCUT2D eigenvalue weighted by molar-refractivity contribution is 0.336. The van der Waals surface area contributed by atoms with E-state index in [2.05, 4.69) is 44.1 Å². The predicted octanol–water partition coefficient (Wildman–Crippen LogP) is 5.37. The highest BCUT2D eigenvalue weighted by Crippen LogP contribution is 2.38. The maximum absolute atomic E-state index is 5.73. The molecule has 0 aliphatic heterocycles. The number of H-pyrrole nitrogens is 1. The number of aromatic amines is 1. The largest absolute Gasteiger partial charge is 0.494 e. The van der Waals surface area contributed by atoms with Gasteiger partial charge in [0.1, 0.15) is 11.5 Å². The summed E-state index contributed by atoms with van der Waals surface area (Å²) in [4.78, 5) is 0. The van der Waals surface area contributed by atoms with E-state index in [0.717, 1.165) is 61.6 Å². The fourth-order valence-corrected chi connectivity index (χ4v) is 4.50. The van der Waals surface area contributed by atoms with Crippen LogP contribution in [0.3, 0.4) is 0 Å². The van der Waals surface area contributed by atoms with Gasteiger partial charge >= 0.3 is 0 Å². The van der Waals surface area contributed by atoms with Gasteiger partial charge in [0, 0.05) is 45.5 Å². The highest BCUT2D eigenvalue weighted by molar-refractivity contribution is 6.00. The Hall–Kier alpha value is -4.07. The predicted molar refractivity (Wildman–Crippen MR) is 130 cm³/mol. The van der Waals surface area contributed by atoms with Gasteiger partial charge in [0.15, 0.2) is 5.82 Å². The van der Waals surface area contributed by atoms with Gasteiger partial charge in [0.25, 0.3) is 0 Å². The van der Waals surface area contributed by atoms with Crippen molar-refractivity contribution in [3.8, 4) is 17.2 Å². The number of nitrogens with zero attached hydrogens (tertiary/aromatic N) is 4. The molecule has 0 fully saturated rings.